The van der Waals surface area contributed by atoms with E-state index in [9.17, 15) is 4.39 Å². The number of hydrogen-bond donors (Lipinski definition) is 2. The van der Waals surface area contributed by atoms with Crippen molar-refractivity contribution >= 4 is 0 Å². The van der Waals surface area contributed by atoms with Crippen molar-refractivity contribution < 1.29 is 4.39 Å². The number of hydrogen-bond acceptors (Lipinski definition) is 1. The maximum atomic E-state index is 13.4. The highest BCUT2D eigenvalue weighted by Gasteiger charge is 2.07. The van der Waals surface area contributed by atoms with Crippen molar-refractivity contribution in [2.75, 3.05) is 0 Å². The third kappa shape index (κ3) is 2.94. The number of benzene rings is 1. The van der Waals surface area contributed by atoms with E-state index in [0.717, 1.165) is 12.1 Å². The molecule has 2 N–H and O–H groups in total. The van der Waals surface area contributed by atoms with Gasteiger partial charge in [-0.1, -0.05) is 12.1 Å². The van der Waals surface area contributed by atoms with Crippen LogP contribution in [0.15, 0.2) is 36.7 Å². The summed E-state index contributed by atoms with van der Waals surface area (Å²) >= 11 is 0. The second kappa shape index (κ2) is 5.15. The van der Waals surface area contributed by atoms with Gasteiger partial charge in [-0.2, -0.15) is 0 Å². The van der Waals surface area contributed by atoms with Gasteiger partial charge in [0.2, 0.25) is 0 Å². The Balaban J connectivity index is 1.99. The summed E-state index contributed by atoms with van der Waals surface area (Å²) in [4.78, 5) is 3.01. The minimum atomic E-state index is -0.141. The summed E-state index contributed by atoms with van der Waals surface area (Å²) < 4.78 is 13.4. The quantitative estimate of drug-likeness (QED) is 0.831. The van der Waals surface area contributed by atoms with Gasteiger partial charge < -0.3 is 10.3 Å². The Bertz CT molecular complexity index is 477. The summed E-state index contributed by atoms with van der Waals surface area (Å²) in [6, 6.07) is 7.55. The Kier molecular flexibility index (Phi) is 3.59. The lowest BCUT2D eigenvalue weighted by Gasteiger charge is -2.14. The largest absolute Gasteiger partial charge is 0.367 e. The third-order valence-corrected chi connectivity index (χ3v) is 2.97. The van der Waals surface area contributed by atoms with Gasteiger partial charge in [-0.15, -0.1) is 0 Å². The van der Waals surface area contributed by atoms with Crippen LogP contribution in [0.2, 0.25) is 0 Å². The molecule has 2 nitrogen and oxygen atoms in total. The van der Waals surface area contributed by atoms with Gasteiger partial charge in [0.25, 0.3) is 0 Å². The van der Waals surface area contributed by atoms with Crippen molar-refractivity contribution in [3.8, 4) is 0 Å². The van der Waals surface area contributed by atoms with Crippen LogP contribution in [-0.2, 0) is 6.54 Å². The Morgan fingerprint density at radius 1 is 1.35 bits per heavy atom. The molecule has 2 rings (SSSR count). The summed E-state index contributed by atoms with van der Waals surface area (Å²) in [5.74, 6) is -0.141. The van der Waals surface area contributed by atoms with Crippen molar-refractivity contribution in [1.29, 1.82) is 0 Å². The van der Waals surface area contributed by atoms with Crippen LogP contribution >= 0.6 is 0 Å². The summed E-state index contributed by atoms with van der Waals surface area (Å²) in [6.45, 7) is 4.59. The Hall–Kier alpha value is -1.61. The zero-order valence-electron chi connectivity index (χ0n) is 10.1. The summed E-state index contributed by atoms with van der Waals surface area (Å²) in [6.07, 6.45) is 3.85. The SMILES string of the molecule is Cc1ccc(C(C)NCc2cc[nH]c2)cc1F. The van der Waals surface area contributed by atoms with Crippen LogP contribution in [0, 0.1) is 12.7 Å². The number of aryl methyl sites for hydroxylation is 1. The summed E-state index contributed by atoms with van der Waals surface area (Å²) in [7, 11) is 0. The fourth-order valence-electron chi connectivity index (χ4n) is 1.74. The van der Waals surface area contributed by atoms with Gasteiger partial charge >= 0.3 is 0 Å². The predicted molar refractivity (Wildman–Crippen MR) is 67.2 cm³/mol. The van der Waals surface area contributed by atoms with Crippen LogP contribution in [0.3, 0.4) is 0 Å². The van der Waals surface area contributed by atoms with E-state index in [4.69, 9.17) is 0 Å². The lowest BCUT2D eigenvalue weighted by atomic mass is 10.1. The maximum Gasteiger partial charge on any atom is 0.126 e. The van der Waals surface area contributed by atoms with Gasteiger partial charge in [0, 0.05) is 25.0 Å². The van der Waals surface area contributed by atoms with Crippen molar-refractivity contribution in [2.45, 2.75) is 26.4 Å². The highest BCUT2D eigenvalue weighted by atomic mass is 19.1. The molecular weight excluding hydrogens is 215 g/mol. The maximum absolute atomic E-state index is 13.4. The highest BCUT2D eigenvalue weighted by molar-refractivity contribution is 5.25. The van der Waals surface area contributed by atoms with E-state index in [1.54, 1.807) is 13.0 Å². The molecule has 0 saturated carbocycles. The van der Waals surface area contributed by atoms with Crippen LogP contribution in [0.4, 0.5) is 4.39 Å². The predicted octanol–water partition coefficient (Wildman–Crippen LogP) is 3.31. The van der Waals surface area contributed by atoms with Crippen LogP contribution in [0.5, 0.6) is 0 Å². The Morgan fingerprint density at radius 3 is 2.82 bits per heavy atom. The monoisotopic (exact) mass is 232 g/mol. The van der Waals surface area contributed by atoms with E-state index >= 15 is 0 Å². The van der Waals surface area contributed by atoms with Gasteiger partial charge in [-0.05, 0) is 42.7 Å². The summed E-state index contributed by atoms with van der Waals surface area (Å²) in [5.41, 5.74) is 2.86. The zero-order chi connectivity index (χ0) is 12.3. The fraction of sp³-hybridized carbons (Fsp3) is 0.286. The molecule has 0 amide bonds. The molecule has 0 bridgehead atoms. The normalized spacial score (nSPS) is 12.6. The molecular formula is C14H17FN2. The van der Waals surface area contributed by atoms with Gasteiger partial charge in [-0.3, -0.25) is 0 Å². The number of rotatable bonds is 4. The first-order chi connectivity index (χ1) is 8.16. The number of aromatic amines is 1. The van der Waals surface area contributed by atoms with Gasteiger partial charge in [0.05, 0.1) is 0 Å². The Labute approximate surface area is 101 Å². The number of nitrogens with one attached hydrogen (secondary N) is 2. The number of H-pyrrole nitrogens is 1. The molecule has 3 heteroatoms. The van der Waals surface area contributed by atoms with Crippen LogP contribution in [0.25, 0.3) is 0 Å². The molecule has 0 radical (unpaired) electrons. The van der Waals surface area contributed by atoms with Crippen LogP contribution < -0.4 is 5.32 Å². The smallest absolute Gasteiger partial charge is 0.126 e. The second-order valence-electron chi connectivity index (χ2n) is 4.33. The first-order valence-electron chi connectivity index (χ1n) is 5.78. The zero-order valence-corrected chi connectivity index (χ0v) is 10.1. The average molecular weight is 232 g/mol. The fourth-order valence-corrected chi connectivity index (χ4v) is 1.74. The molecule has 1 unspecified atom stereocenters. The van der Waals surface area contributed by atoms with E-state index in [0.29, 0.717) is 5.56 Å². The molecule has 0 aliphatic carbocycles. The standard InChI is InChI=1S/C14H17FN2/c1-10-3-4-13(7-14(10)15)11(2)17-9-12-5-6-16-8-12/h3-8,11,16-17H,9H2,1-2H3. The van der Waals surface area contributed by atoms with Crippen molar-refractivity contribution in [3.63, 3.8) is 0 Å². The van der Waals surface area contributed by atoms with Crippen molar-refractivity contribution in [3.05, 3.63) is 59.2 Å². The van der Waals surface area contributed by atoms with E-state index in [2.05, 4.69) is 10.3 Å². The molecule has 0 aliphatic heterocycles. The topological polar surface area (TPSA) is 27.8 Å². The molecule has 0 aliphatic rings. The van der Waals surface area contributed by atoms with Crippen LogP contribution in [0.1, 0.15) is 29.7 Å². The lowest BCUT2D eigenvalue weighted by Crippen LogP contribution is -2.17. The Morgan fingerprint density at radius 2 is 2.18 bits per heavy atom. The molecule has 1 aromatic carbocycles. The first kappa shape index (κ1) is 11.9. The van der Waals surface area contributed by atoms with Gasteiger partial charge in [0.1, 0.15) is 5.82 Å². The average Bonchev–Trinajstić information content (AvgIpc) is 2.82. The molecule has 2 aromatic rings. The molecule has 1 atom stereocenters. The molecule has 0 saturated heterocycles. The lowest BCUT2D eigenvalue weighted by molar-refractivity contribution is 0.563. The minimum absolute atomic E-state index is 0.139. The summed E-state index contributed by atoms with van der Waals surface area (Å²) in [5, 5.41) is 3.36. The van der Waals surface area contributed by atoms with E-state index < -0.39 is 0 Å². The van der Waals surface area contributed by atoms with E-state index in [-0.39, 0.29) is 11.9 Å². The molecule has 1 aromatic heterocycles. The molecule has 17 heavy (non-hydrogen) atoms. The van der Waals surface area contributed by atoms with E-state index in [1.807, 2.05) is 37.5 Å². The van der Waals surface area contributed by atoms with Gasteiger partial charge in [0.15, 0.2) is 0 Å². The highest BCUT2D eigenvalue weighted by Crippen LogP contribution is 2.16. The molecule has 90 valence electrons. The first-order valence-corrected chi connectivity index (χ1v) is 5.78. The third-order valence-electron chi connectivity index (χ3n) is 2.97. The van der Waals surface area contributed by atoms with Crippen molar-refractivity contribution in [2.24, 2.45) is 0 Å². The molecule has 0 fully saturated rings. The second-order valence-corrected chi connectivity index (χ2v) is 4.33. The van der Waals surface area contributed by atoms with E-state index in [1.165, 1.54) is 5.56 Å². The van der Waals surface area contributed by atoms with Crippen LogP contribution in [-0.4, -0.2) is 4.98 Å². The number of halogens is 1. The number of aromatic nitrogens is 1. The minimum Gasteiger partial charge on any atom is -0.367 e. The van der Waals surface area contributed by atoms with Crippen molar-refractivity contribution in [1.82, 2.24) is 10.3 Å². The van der Waals surface area contributed by atoms with Gasteiger partial charge in [-0.25, -0.2) is 4.39 Å². The molecule has 1 heterocycles. The molecule has 0 spiro atoms.